The van der Waals surface area contributed by atoms with Crippen LogP contribution in [0.5, 0.6) is 0 Å². The van der Waals surface area contributed by atoms with E-state index in [2.05, 4.69) is 21.0 Å². The van der Waals surface area contributed by atoms with Gasteiger partial charge in [-0.2, -0.15) is 0 Å². The molecule has 174 valence electrons. The highest BCUT2D eigenvalue weighted by Gasteiger charge is 2.54. The van der Waals surface area contributed by atoms with Gasteiger partial charge in [0.25, 0.3) is 5.91 Å². The Morgan fingerprint density at radius 3 is 2.39 bits per heavy atom. The first-order chi connectivity index (χ1) is 15.6. The Morgan fingerprint density at radius 1 is 1.18 bits per heavy atom. The fourth-order valence-corrected chi connectivity index (χ4v) is 3.89. The Bertz CT molecular complexity index is 1120. The van der Waals surface area contributed by atoms with Crippen molar-refractivity contribution in [1.82, 2.24) is 20.7 Å². The lowest BCUT2D eigenvalue weighted by atomic mass is 9.83. The first-order valence-corrected chi connectivity index (χ1v) is 10.6. The van der Waals surface area contributed by atoms with Crippen LogP contribution in [0.2, 0.25) is 5.02 Å². The zero-order valence-corrected chi connectivity index (χ0v) is 19.2. The van der Waals surface area contributed by atoms with Crippen molar-refractivity contribution in [2.45, 2.75) is 31.8 Å². The summed E-state index contributed by atoms with van der Waals surface area (Å²) in [7, 11) is 1.61. The number of nitrogens with one attached hydrogen (secondary N) is 3. The van der Waals surface area contributed by atoms with E-state index >= 15 is 0 Å². The highest BCUT2D eigenvalue weighted by Crippen LogP contribution is 2.38. The van der Waals surface area contributed by atoms with Gasteiger partial charge in [-0.1, -0.05) is 23.7 Å². The van der Waals surface area contributed by atoms with Gasteiger partial charge in [0.15, 0.2) is 5.54 Å². The normalized spacial score (nSPS) is 17.9. The standard InChI is InChI=1S/C22H26ClN7O3/c1-12(2)30-20(26-3)18(19(24)32)22(29-30,21(25)33)14-9-16(11-27-10-14)28-17(31)8-13-4-6-15(23)7-5-13/h4-7,9-12,26,29H,8H2,1-3H3,(H2,24,32)(H2,25,33)(H,28,31). The van der Waals surface area contributed by atoms with Gasteiger partial charge in [-0.05, 0) is 37.6 Å². The molecule has 2 aromatic rings. The maximum Gasteiger partial charge on any atom is 0.251 e. The molecule has 1 atom stereocenters. The number of carbonyl (C=O) groups is 3. The molecule has 1 aliphatic rings. The molecular formula is C22H26ClN7O3. The average Bonchev–Trinajstić information content (AvgIpc) is 3.13. The van der Waals surface area contributed by atoms with E-state index in [0.717, 1.165) is 5.56 Å². The number of pyridine rings is 1. The monoisotopic (exact) mass is 471 g/mol. The smallest absolute Gasteiger partial charge is 0.251 e. The molecule has 1 aromatic carbocycles. The first-order valence-electron chi connectivity index (χ1n) is 10.2. The number of hydrogen-bond acceptors (Lipinski definition) is 7. The summed E-state index contributed by atoms with van der Waals surface area (Å²) in [5.41, 5.74) is 14.1. The second-order valence-electron chi connectivity index (χ2n) is 7.84. The Morgan fingerprint density at radius 2 is 1.85 bits per heavy atom. The van der Waals surface area contributed by atoms with Gasteiger partial charge < -0.3 is 22.1 Å². The minimum atomic E-state index is -1.78. The van der Waals surface area contributed by atoms with Crippen molar-refractivity contribution in [1.29, 1.82) is 0 Å². The third-order valence-electron chi connectivity index (χ3n) is 5.24. The van der Waals surface area contributed by atoms with Gasteiger partial charge >= 0.3 is 0 Å². The van der Waals surface area contributed by atoms with Crippen molar-refractivity contribution in [2.24, 2.45) is 11.5 Å². The molecule has 1 unspecified atom stereocenters. The van der Waals surface area contributed by atoms with Crippen LogP contribution < -0.4 is 27.5 Å². The van der Waals surface area contributed by atoms with Gasteiger partial charge in [0.2, 0.25) is 11.8 Å². The molecule has 3 amide bonds. The minimum Gasteiger partial charge on any atom is -0.373 e. The van der Waals surface area contributed by atoms with E-state index in [1.165, 1.54) is 18.5 Å². The molecule has 0 aliphatic carbocycles. The molecule has 7 N–H and O–H groups in total. The van der Waals surface area contributed by atoms with Crippen LogP contribution in [-0.2, 0) is 26.3 Å². The van der Waals surface area contributed by atoms with Crippen molar-refractivity contribution in [3.63, 3.8) is 0 Å². The molecule has 1 aliphatic heterocycles. The molecule has 0 saturated carbocycles. The van der Waals surface area contributed by atoms with E-state index < -0.39 is 17.4 Å². The molecule has 0 spiro atoms. The number of halogens is 1. The molecular weight excluding hydrogens is 446 g/mol. The van der Waals surface area contributed by atoms with E-state index in [1.54, 1.807) is 36.3 Å². The second-order valence-corrected chi connectivity index (χ2v) is 8.28. The third kappa shape index (κ3) is 4.62. The summed E-state index contributed by atoms with van der Waals surface area (Å²) in [4.78, 5) is 42.0. The number of primary amides is 2. The Hall–Kier alpha value is -3.63. The number of rotatable bonds is 8. The van der Waals surface area contributed by atoms with Gasteiger partial charge in [0, 0.05) is 29.9 Å². The number of nitrogens with zero attached hydrogens (tertiary/aromatic N) is 2. The Balaban J connectivity index is 1.98. The van der Waals surface area contributed by atoms with Crippen molar-refractivity contribution in [2.75, 3.05) is 12.4 Å². The van der Waals surface area contributed by atoms with Crippen LogP contribution in [0.1, 0.15) is 25.0 Å². The molecule has 0 saturated heterocycles. The van der Waals surface area contributed by atoms with Crippen LogP contribution in [0.15, 0.2) is 54.1 Å². The first kappa shape index (κ1) is 24.0. The lowest BCUT2D eigenvalue weighted by Crippen LogP contribution is -2.57. The van der Waals surface area contributed by atoms with E-state index in [1.807, 2.05) is 13.8 Å². The highest BCUT2D eigenvalue weighted by atomic mass is 35.5. The summed E-state index contributed by atoms with van der Waals surface area (Å²) in [6.07, 6.45) is 2.94. The number of amides is 3. The lowest BCUT2D eigenvalue weighted by molar-refractivity contribution is -0.126. The van der Waals surface area contributed by atoms with E-state index in [-0.39, 0.29) is 29.5 Å². The molecule has 2 heterocycles. The maximum absolute atomic E-state index is 12.8. The van der Waals surface area contributed by atoms with Crippen molar-refractivity contribution >= 4 is 35.0 Å². The van der Waals surface area contributed by atoms with Crippen molar-refractivity contribution < 1.29 is 14.4 Å². The van der Waals surface area contributed by atoms with Crippen LogP contribution >= 0.6 is 11.6 Å². The van der Waals surface area contributed by atoms with Crippen molar-refractivity contribution in [3.05, 3.63) is 70.3 Å². The molecule has 0 fully saturated rings. The summed E-state index contributed by atoms with van der Waals surface area (Å²) < 4.78 is 0. The fourth-order valence-electron chi connectivity index (χ4n) is 3.76. The van der Waals surface area contributed by atoms with Crippen LogP contribution in [0, 0.1) is 0 Å². The average molecular weight is 472 g/mol. The summed E-state index contributed by atoms with van der Waals surface area (Å²) in [6, 6.07) is 8.29. The molecule has 11 heteroatoms. The zero-order chi connectivity index (χ0) is 24.3. The van der Waals surface area contributed by atoms with Crippen LogP contribution in [0.25, 0.3) is 0 Å². The predicted molar refractivity (Wildman–Crippen MR) is 124 cm³/mol. The Labute approximate surface area is 196 Å². The largest absolute Gasteiger partial charge is 0.373 e. The number of hydrogen-bond donors (Lipinski definition) is 5. The number of nitrogens with two attached hydrogens (primary N) is 2. The van der Waals surface area contributed by atoms with E-state index in [0.29, 0.717) is 16.5 Å². The van der Waals surface area contributed by atoms with Gasteiger partial charge in [0.1, 0.15) is 5.82 Å². The summed E-state index contributed by atoms with van der Waals surface area (Å²) in [5.74, 6) is -1.65. The minimum absolute atomic E-state index is 0.0439. The number of aromatic nitrogens is 1. The lowest BCUT2D eigenvalue weighted by Gasteiger charge is -2.32. The van der Waals surface area contributed by atoms with E-state index in [4.69, 9.17) is 23.1 Å². The molecule has 0 radical (unpaired) electrons. The quantitative estimate of drug-likeness (QED) is 0.380. The topological polar surface area (TPSA) is 155 Å². The van der Waals surface area contributed by atoms with Crippen LogP contribution in [0.4, 0.5) is 5.69 Å². The molecule has 10 nitrogen and oxygen atoms in total. The molecule has 1 aromatic heterocycles. The number of hydrazine groups is 1. The van der Waals surface area contributed by atoms with Crippen LogP contribution in [0.3, 0.4) is 0 Å². The predicted octanol–water partition coefficient (Wildman–Crippen LogP) is 0.742. The second kappa shape index (κ2) is 9.47. The molecule has 33 heavy (non-hydrogen) atoms. The number of anilines is 1. The summed E-state index contributed by atoms with van der Waals surface area (Å²) in [5, 5.41) is 7.85. The van der Waals surface area contributed by atoms with Gasteiger partial charge in [-0.3, -0.25) is 24.4 Å². The highest BCUT2D eigenvalue weighted by molar-refractivity contribution is 6.30. The zero-order valence-electron chi connectivity index (χ0n) is 18.5. The SMILES string of the molecule is CNC1=C(C(N)=O)C(C(N)=O)(c2cncc(NC(=O)Cc3ccc(Cl)cc3)c2)NN1C(C)C. The summed E-state index contributed by atoms with van der Waals surface area (Å²) >= 11 is 5.88. The molecule has 3 rings (SSSR count). The number of carbonyl (C=O) groups excluding carboxylic acids is 3. The van der Waals surface area contributed by atoms with Crippen LogP contribution in [-0.4, -0.2) is 40.8 Å². The molecule has 0 bridgehead atoms. The maximum atomic E-state index is 12.8. The fraction of sp³-hybridized carbons (Fsp3) is 0.273. The number of benzene rings is 1. The Kier molecular flexibility index (Phi) is 6.89. The van der Waals surface area contributed by atoms with Crippen molar-refractivity contribution in [3.8, 4) is 0 Å². The summed E-state index contributed by atoms with van der Waals surface area (Å²) in [6.45, 7) is 3.73. The van der Waals surface area contributed by atoms with Gasteiger partial charge in [-0.25, -0.2) is 5.43 Å². The van der Waals surface area contributed by atoms with Gasteiger partial charge in [-0.15, -0.1) is 0 Å². The van der Waals surface area contributed by atoms with E-state index in [9.17, 15) is 14.4 Å². The van der Waals surface area contributed by atoms with Gasteiger partial charge in [0.05, 0.1) is 23.9 Å². The third-order valence-corrected chi connectivity index (χ3v) is 5.49.